The molecule has 3 heterocycles. The molecule has 0 radical (unpaired) electrons. The predicted octanol–water partition coefficient (Wildman–Crippen LogP) is 3.00. The van der Waals surface area contributed by atoms with Crippen LogP contribution in [0.25, 0.3) is 10.9 Å². The van der Waals surface area contributed by atoms with Crippen molar-refractivity contribution in [1.82, 2.24) is 10.3 Å². The Morgan fingerprint density at radius 3 is 2.75 bits per heavy atom. The van der Waals surface area contributed by atoms with E-state index in [-0.39, 0.29) is 9.79 Å². The second kappa shape index (κ2) is 6.53. The second-order valence-corrected chi connectivity index (χ2v) is 9.44. The standard InChI is InChI=1S/C21H20FN3O2S/c22-16-4-2-5-17(10-16)28(26,27)18-9-14-3-1-6-20(21(14)24-11-18)25-12-15-7-8-23-19(15)13-25/h1-6,9-11,15,19,23H,7-8,12-13H2. The Labute approximate surface area is 163 Å². The van der Waals surface area contributed by atoms with Gasteiger partial charge in [0.05, 0.1) is 21.0 Å². The van der Waals surface area contributed by atoms with Crippen LogP contribution in [0.5, 0.6) is 0 Å². The lowest BCUT2D eigenvalue weighted by Gasteiger charge is -2.21. The lowest BCUT2D eigenvalue weighted by Crippen LogP contribution is -2.30. The summed E-state index contributed by atoms with van der Waals surface area (Å²) in [5.74, 6) is 0.0770. The van der Waals surface area contributed by atoms with Gasteiger partial charge in [0, 0.05) is 30.7 Å². The first kappa shape index (κ1) is 17.6. The zero-order valence-electron chi connectivity index (χ0n) is 15.2. The summed E-state index contributed by atoms with van der Waals surface area (Å²) in [6.07, 6.45) is 2.57. The number of pyridine rings is 1. The molecule has 144 valence electrons. The molecule has 0 spiro atoms. The monoisotopic (exact) mass is 397 g/mol. The zero-order valence-corrected chi connectivity index (χ0v) is 16.0. The van der Waals surface area contributed by atoms with Crippen molar-refractivity contribution in [3.63, 3.8) is 0 Å². The van der Waals surface area contributed by atoms with Crippen molar-refractivity contribution in [2.75, 3.05) is 24.5 Å². The normalized spacial score (nSPS) is 22.0. The highest BCUT2D eigenvalue weighted by Gasteiger charge is 2.36. The minimum absolute atomic E-state index is 0.0664. The van der Waals surface area contributed by atoms with Gasteiger partial charge in [-0.3, -0.25) is 4.98 Å². The molecule has 28 heavy (non-hydrogen) atoms. The van der Waals surface area contributed by atoms with Crippen molar-refractivity contribution >= 4 is 26.4 Å². The number of aromatic nitrogens is 1. The summed E-state index contributed by atoms with van der Waals surface area (Å²) in [6.45, 7) is 3.01. The molecule has 2 aromatic carbocycles. The third-order valence-electron chi connectivity index (χ3n) is 5.78. The minimum Gasteiger partial charge on any atom is -0.368 e. The first-order valence-electron chi connectivity index (χ1n) is 9.40. The van der Waals surface area contributed by atoms with Crippen molar-refractivity contribution < 1.29 is 12.8 Å². The average molecular weight is 397 g/mol. The Hall–Kier alpha value is -2.51. The molecule has 2 aliphatic rings. The molecule has 5 rings (SSSR count). The molecule has 1 aromatic heterocycles. The van der Waals surface area contributed by atoms with Crippen molar-refractivity contribution in [2.45, 2.75) is 22.3 Å². The third kappa shape index (κ3) is 2.86. The van der Waals surface area contributed by atoms with Gasteiger partial charge in [0.25, 0.3) is 0 Å². The summed E-state index contributed by atoms with van der Waals surface area (Å²) < 4.78 is 39.3. The molecule has 1 N–H and O–H groups in total. The Morgan fingerprint density at radius 1 is 1.07 bits per heavy atom. The van der Waals surface area contributed by atoms with Crippen LogP contribution in [0.1, 0.15) is 6.42 Å². The van der Waals surface area contributed by atoms with Gasteiger partial charge in [0.15, 0.2) is 0 Å². The van der Waals surface area contributed by atoms with Gasteiger partial charge in [-0.25, -0.2) is 12.8 Å². The maximum atomic E-state index is 13.5. The molecule has 0 saturated carbocycles. The topological polar surface area (TPSA) is 62.3 Å². The van der Waals surface area contributed by atoms with Crippen molar-refractivity contribution in [3.05, 3.63) is 60.5 Å². The molecule has 7 heteroatoms. The summed E-state index contributed by atoms with van der Waals surface area (Å²) in [5.41, 5.74) is 1.82. The largest absolute Gasteiger partial charge is 0.368 e. The van der Waals surface area contributed by atoms with E-state index in [1.165, 1.54) is 30.8 Å². The molecule has 0 aliphatic carbocycles. The molecule has 2 unspecified atom stereocenters. The smallest absolute Gasteiger partial charge is 0.208 e. The number of para-hydroxylation sites is 1. The van der Waals surface area contributed by atoms with E-state index in [4.69, 9.17) is 0 Å². The van der Waals surface area contributed by atoms with Gasteiger partial charge in [-0.2, -0.15) is 0 Å². The van der Waals surface area contributed by atoms with Crippen LogP contribution in [-0.2, 0) is 9.84 Å². The summed E-state index contributed by atoms with van der Waals surface area (Å²) in [4.78, 5) is 6.84. The van der Waals surface area contributed by atoms with Gasteiger partial charge in [-0.05, 0) is 49.2 Å². The van der Waals surface area contributed by atoms with Gasteiger partial charge in [0.2, 0.25) is 9.84 Å². The molecule has 2 saturated heterocycles. The predicted molar refractivity (Wildman–Crippen MR) is 106 cm³/mol. The van der Waals surface area contributed by atoms with E-state index in [9.17, 15) is 12.8 Å². The molecular formula is C21H20FN3O2S. The van der Waals surface area contributed by atoms with Gasteiger partial charge in [-0.1, -0.05) is 18.2 Å². The number of hydrogen-bond acceptors (Lipinski definition) is 5. The second-order valence-electron chi connectivity index (χ2n) is 7.50. The number of anilines is 1. The van der Waals surface area contributed by atoms with E-state index in [0.717, 1.165) is 42.3 Å². The summed E-state index contributed by atoms with van der Waals surface area (Å²) in [7, 11) is -3.82. The fourth-order valence-electron chi connectivity index (χ4n) is 4.34. The first-order chi connectivity index (χ1) is 13.5. The van der Waals surface area contributed by atoms with Crippen LogP contribution in [0.3, 0.4) is 0 Å². The Kier molecular flexibility index (Phi) is 4.10. The summed E-state index contributed by atoms with van der Waals surface area (Å²) in [5, 5.41) is 4.31. The maximum Gasteiger partial charge on any atom is 0.208 e. The number of halogens is 1. The molecular weight excluding hydrogens is 377 g/mol. The molecule has 0 bridgehead atoms. The lowest BCUT2D eigenvalue weighted by atomic mass is 10.1. The number of benzene rings is 2. The average Bonchev–Trinajstić information content (AvgIpc) is 3.29. The molecule has 2 atom stereocenters. The number of rotatable bonds is 3. The highest BCUT2D eigenvalue weighted by molar-refractivity contribution is 7.91. The minimum atomic E-state index is -3.82. The zero-order chi connectivity index (χ0) is 19.3. The van der Waals surface area contributed by atoms with Crippen molar-refractivity contribution in [1.29, 1.82) is 0 Å². The summed E-state index contributed by atoms with van der Waals surface area (Å²) in [6, 6.07) is 13.0. The molecule has 3 aromatic rings. The van der Waals surface area contributed by atoms with Crippen LogP contribution in [0, 0.1) is 11.7 Å². The van der Waals surface area contributed by atoms with Gasteiger partial charge in [0.1, 0.15) is 5.82 Å². The highest BCUT2D eigenvalue weighted by atomic mass is 32.2. The number of nitrogens with zero attached hydrogens (tertiary/aromatic N) is 2. The molecule has 2 fully saturated rings. The van der Waals surface area contributed by atoms with Crippen molar-refractivity contribution in [3.8, 4) is 0 Å². The van der Waals surface area contributed by atoms with E-state index >= 15 is 0 Å². The van der Waals surface area contributed by atoms with Gasteiger partial charge in [-0.15, -0.1) is 0 Å². The SMILES string of the molecule is O=S(=O)(c1cccc(F)c1)c1cnc2c(N3CC4CCNC4C3)cccc2c1. The first-order valence-corrected chi connectivity index (χ1v) is 10.9. The van der Waals surface area contributed by atoms with Gasteiger partial charge < -0.3 is 10.2 Å². The number of sulfone groups is 1. The molecule has 2 aliphatic heterocycles. The number of hydrogen-bond donors (Lipinski definition) is 1. The van der Waals surface area contributed by atoms with Crippen molar-refractivity contribution in [2.24, 2.45) is 5.92 Å². The molecule has 5 nitrogen and oxygen atoms in total. The van der Waals surface area contributed by atoms with E-state index in [2.05, 4.69) is 15.2 Å². The fraction of sp³-hybridized carbons (Fsp3) is 0.286. The third-order valence-corrected chi connectivity index (χ3v) is 7.50. The van der Waals surface area contributed by atoms with Crippen LogP contribution < -0.4 is 10.2 Å². The Balaban J connectivity index is 1.54. The fourth-order valence-corrected chi connectivity index (χ4v) is 5.61. The van der Waals surface area contributed by atoms with Crippen LogP contribution in [0.15, 0.2) is 64.5 Å². The summed E-state index contributed by atoms with van der Waals surface area (Å²) >= 11 is 0. The van der Waals surface area contributed by atoms with E-state index < -0.39 is 15.7 Å². The van der Waals surface area contributed by atoms with Crippen LogP contribution in [0.2, 0.25) is 0 Å². The Morgan fingerprint density at radius 2 is 1.93 bits per heavy atom. The number of nitrogens with one attached hydrogen (secondary N) is 1. The Bertz CT molecular complexity index is 1150. The van der Waals surface area contributed by atoms with Gasteiger partial charge >= 0.3 is 0 Å². The van der Waals surface area contributed by atoms with E-state index in [1.807, 2.05) is 18.2 Å². The van der Waals surface area contributed by atoms with E-state index in [0.29, 0.717) is 12.0 Å². The molecule has 0 amide bonds. The lowest BCUT2D eigenvalue weighted by molar-refractivity contribution is 0.556. The quantitative estimate of drug-likeness (QED) is 0.736. The van der Waals surface area contributed by atoms with Crippen LogP contribution >= 0.6 is 0 Å². The van der Waals surface area contributed by atoms with E-state index in [1.54, 1.807) is 6.07 Å². The number of fused-ring (bicyclic) bond motifs is 2. The highest BCUT2D eigenvalue weighted by Crippen LogP contribution is 2.34. The maximum absolute atomic E-state index is 13.5. The van der Waals surface area contributed by atoms with Crippen LogP contribution in [-0.4, -0.2) is 39.1 Å². The van der Waals surface area contributed by atoms with Crippen LogP contribution in [0.4, 0.5) is 10.1 Å².